The number of nitrogens with zero attached hydrogens (tertiary/aromatic N) is 3. The molecule has 8 heteroatoms. The van der Waals surface area contributed by atoms with Gasteiger partial charge in [0.1, 0.15) is 6.04 Å². The van der Waals surface area contributed by atoms with Gasteiger partial charge in [-0.25, -0.2) is 4.79 Å². The zero-order chi connectivity index (χ0) is 20.8. The largest absolute Gasteiger partial charge is 0.480 e. The highest BCUT2D eigenvalue weighted by atomic mass is 16.4. The number of benzene rings is 1. The van der Waals surface area contributed by atoms with Crippen molar-refractivity contribution in [3.63, 3.8) is 0 Å². The predicted molar refractivity (Wildman–Crippen MR) is 104 cm³/mol. The van der Waals surface area contributed by atoms with E-state index in [-0.39, 0.29) is 19.0 Å². The molecular formula is C20H26N4O4. The van der Waals surface area contributed by atoms with Gasteiger partial charge in [-0.2, -0.15) is 5.10 Å². The number of carbonyl (C=O) groups is 3. The number of hydrogen-bond acceptors (Lipinski definition) is 4. The van der Waals surface area contributed by atoms with Gasteiger partial charge in [-0.3, -0.25) is 14.3 Å². The molecule has 150 valence electrons. The second-order valence-corrected chi connectivity index (χ2v) is 6.78. The molecule has 1 heterocycles. The molecule has 2 N–H and O–H groups in total. The number of carboxylic acid groups (broad SMARTS) is 1. The minimum absolute atomic E-state index is 0.105. The lowest BCUT2D eigenvalue weighted by atomic mass is 10.1. The van der Waals surface area contributed by atoms with Gasteiger partial charge >= 0.3 is 5.97 Å². The summed E-state index contributed by atoms with van der Waals surface area (Å²) in [6.07, 6.45) is 0. The maximum Gasteiger partial charge on any atom is 0.326 e. The maximum atomic E-state index is 13.0. The Hall–Kier alpha value is -3.16. The van der Waals surface area contributed by atoms with Gasteiger partial charge in [-0.1, -0.05) is 12.1 Å². The van der Waals surface area contributed by atoms with E-state index < -0.39 is 17.9 Å². The lowest BCUT2D eigenvalue weighted by Gasteiger charge is -2.27. The van der Waals surface area contributed by atoms with Crippen LogP contribution in [0.25, 0.3) is 0 Å². The van der Waals surface area contributed by atoms with E-state index in [9.17, 15) is 19.5 Å². The molecule has 8 nitrogen and oxygen atoms in total. The highest BCUT2D eigenvalue weighted by molar-refractivity contribution is 5.96. The number of aromatic nitrogens is 2. The maximum absolute atomic E-state index is 13.0. The second-order valence-electron chi connectivity index (χ2n) is 6.78. The fraction of sp³-hybridized carbons (Fsp3) is 0.400. The Morgan fingerprint density at radius 2 is 1.96 bits per heavy atom. The topological polar surface area (TPSA) is 105 Å². The van der Waals surface area contributed by atoms with E-state index in [0.717, 1.165) is 17.0 Å². The van der Waals surface area contributed by atoms with Crippen molar-refractivity contribution in [3.05, 3.63) is 52.8 Å². The molecule has 1 aromatic carbocycles. The molecule has 2 rings (SSSR count). The Morgan fingerprint density at radius 1 is 1.25 bits per heavy atom. The molecule has 0 aliphatic rings. The summed E-state index contributed by atoms with van der Waals surface area (Å²) < 4.78 is 1.85. The van der Waals surface area contributed by atoms with Crippen LogP contribution in [0, 0.1) is 13.8 Å². The first-order valence-electron chi connectivity index (χ1n) is 9.07. The fourth-order valence-electron chi connectivity index (χ4n) is 2.93. The van der Waals surface area contributed by atoms with Gasteiger partial charge in [0, 0.05) is 31.3 Å². The van der Waals surface area contributed by atoms with Crippen LogP contribution < -0.4 is 5.32 Å². The van der Waals surface area contributed by atoms with E-state index in [1.807, 2.05) is 30.7 Å². The second kappa shape index (κ2) is 9.16. The average molecular weight is 386 g/mol. The third kappa shape index (κ3) is 5.42. The van der Waals surface area contributed by atoms with Crippen molar-refractivity contribution in [3.8, 4) is 0 Å². The highest BCUT2D eigenvalue weighted by Gasteiger charge is 2.26. The summed E-state index contributed by atoms with van der Waals surface area (Å²) in [7, 11) is 0. The number of amides is 2. The van der Waals surface area contributed by atoms with E-state index in [4.69, 9.17) is 0 Å². The van der Waals surface area contributed by atoms with Gasteiger partial charge in [0.15, 0.2) is 0 Å². The summed E-state index contributed by atoms with van der Waals surface area (Å²) in [6, 6.07) is 8.04. The number of carbonyl (C=O) groups excluding carboxylic acids is 2. The average Bonchev–Trinajstić information content (AvgIpc) is 2.94. The molecule has 0 fully saturated rings. The van der Waals surface area contributed by atoms with Gasteiger partial charge in [0.25, 0.3) is 5.91 Å². The van der Waals surface area contributed by atoms with Crippen molar-refractivity contribution < 1.29 is 19.5 Å². The van der Waals surface area contributed by atoms with Crippen molar-refractivity contribution in [2.75, 3.05) is 13.1 Å². The number of hydrogen-bond donors (Lipinski definition) is 2. The number of nitrogens with one attached hydrogen (secondary N) is 1. The monoisotopic (exact) mass is 386 g/mol. The molecule has 0 aliphatic heterocycles. The van der Waals surface area contributed by atoms with Gasteiger partial charge in [-0.15, -0.1) is 0 Å². The van der Waals surface area contributed by atoms with Gasteiger partial charge < -0.3 is 15.3 Å². The molecule has 0 bridgehead atoms. The van der Waals surface area contributed by atoms with Crippen LogP contribution in [0.1, 0.15) is 41.2 Å². The summed E-state index contributed by atoms with van der Waals surface area (Å²) in [6.45, 7) is 7.51. The Bertz CT molecular complexity index is 875. The third-order valence-corrected chi connectivity index (χ3v) is 4.42. The molecule has 0 radical (unpaired) electrons. The Morgan fingerprint density at radius 3 is 2.54 bits per heavy atom. The van der Waals surface area contributed by atoms with Crippen molar-refractivity contribution in [1.82, 2.24) is 20.0 Å². The van der Waals surface area contributed by atoms with Crippen LogP contribution in [-0.2, 0) is 16.1 Å². The van der Waals surface area contributed by atoms with Crippen LogP contribution >= 0.6 is 0 Å². The SMILES string of the molecule is CC(=O)NCCN(C(=O)c1cccc(Cn2nc(C)cc2C)c1)C(C)C(=O)O. The van der Waals surface area contributed by atoms with E-state index in [0.29, 0.717) is 12.1 Å². The van der Waals surface area contributed by atoms with Crippen LogP contribution in [0.4, 0.5) is 0 Å². The molecule has 1 aromatic heterocycles. The minimum atomic E-state index is -1.10. The van der Waals surface area contributed by atoms with Crippen molar-refractivity contribution in [2.24, 2.45) is 0 Å². The van der Waals surface area contributed by atoms with Crippen LogP contribution in [-0.4, -0.2) is 56.7 Å². The van der Waals surface area contributed by atoms with Crippen LogP contribution in [0.15, 0.2) is 30.3 Å². The predicted octanol–water partition coefficient (Wildman–Crippen LogP) is 1.60. The minimum Gasteiger partial charge on any atom is -0.480 e. The van der Waals surface area contributed by atoms with E-state index in [1.165, 1.54) is 18.7 Å². The first-order valence-corrected chi connectivity index (χ1v) is 9.07. The van der Waals surface area contributed by atoms with E-state index in [2.05, 4.69) is 10.4 Å². The molecule has 0 saturated carbocycles. The summed E-state index contributed by atoms with van der Waals surface area (Å²) in [5.41, 5.74) is 3.23. The fourth-order valence-corrected chi connectivity index (χ4v) is 2.93. The lowest BCUT2D eigenvalue weighted by Crippen LogP contribution is -2.46. The number of aryl methyl sites for hydroxylation is 2. The lowest BCUT2D eigenvalue weighted by molar-refractivity contribution is -0.141. The van der Waals surface area contributed by atoms with Crippen molar-refractivity contribution in [1.29, 1.82) is 0 Å². The standard InChI is InChI=1S/C20H26N4O4/c1-13-10-14(2)24(22-13)12-17-6-5-7-18(11-17)19(26)23(15(3)20(27)28)9-8-21-16(4)25/h5-7,10-11,15H,8-9,12H2,1-4H3,(H,21,25)(H,27,28). The molecule has 2 aromatic rings. The quantitative estimate of drug-likeness (QED) is 0.717. The molecule has 0 spiro atoms. The summed E-state index contributed by atoms with van der Waals surface area (Å²) in [5, 5.41) is 16.4. The van der Waals surface area contributed by atoms with E-state index in [1.54, 1.807) is 18.2 Å². The van der Waals surface area contributed by atoms with Crippen LogP contribution in [0.5, 0.6) is 0 Å². The zero-order valence-electron chi connectivity index (χ0n) is 16.6. The zero-order valence-corrected chi connectivity index (χ0v) is 16.6. The number of rotatable bonds is 8. The normalized spacial score (nSPS) is 11.7. The summed E-state index contributed by atoms with van der Waals surface area (Å²) >= 11 is 0. The molecular weight excluding hydrogens is 360 g/mol. The number of carboxylic acids is 1. The van der Waals surface area contributed by atoms with Gasteiger partial charge in [-0.05, 0) is 44.5 Å². The Labute approximate surface area is 164 Å². The molecule has 1 atom stereocenters. The summed E-state index contributed by atoms with van der Waals surface area (Å²) in [5.74, 6) is -1.73. The van der Waals surface area contributed by atoms with Crippen molar-refractivity contribution in [2.45, 2.75) is 40.3 Å². The molecule has 1 unspecified atom stereocenters. The van der Waals surface area contributed by atoms with E-state index >= 15 is 0 Å². The molecule has 0 aliphatic carbocycles. The van der Waals surface area contributed by atoms with Gasteiger partial charge in [0.05, 0.1) is 12.2 Å². The smallest absolute Gasteiger partial charge is 0.326 e. The van der Waals surface area contributed by atoms with Crippen molar-refractivity contribution >= 4 is 17.8 Å². The number of aliphatic carboxylic acids is 1. The van der Waals surface area contributed by atoms with Gasteiger partial charge in [0.2, 0.25) is 5.91 Å². The Kier molecular flexibility index (Phi) is 6.92. The summed E-state index contributed by atoms with van der Waals surface area (Å²) in [4.78, 5) is 36.7. The Balaban J connectivity index is 2.22. The van der Waals surface area contributed by atoms with Crippen LogP contribution in [0.3, 0.4) is 0 Å². The molecule has 28 heavy (non-hydrogen) atoms. The molecule has 2 amide bonds. The van der Waals surface area contributed by atoms with Crippen LogP contribution in [0.2, 0.25) is 0 Å². The highest BCUT2D eigenvalue weighted by Crippen LogP contribution is 2.13. The third-order valence-electron chi connectivity index (χ3n) is 4.42. The molecule has 0 saturated heterocycles. The first kappa shape index (κ1) is 21.1. The first-order chi connectivity index (χ1) is 13.2.